The molecule has 0 spiro atoms. The quantitative estimate of drug-likeness (QED) is 0.531. The molecule has 134 valence electrons. The summed E-state index contributed by atoms with van der Waals surface area (Å²) in [6.45, 7) is 1.99. The van der Waals surface area contributed by atoms with Crippen LogP contribution in [0.3, 0.4) is 0 Å². The maximum Gasteiger partial charge on any atom is 0.291 e. The van der Waals surface area contributed by atoms with Crippen LogP contribution in [0, 0.1) is 6.92 Å². The number of aryl methyl sites for hydroxylation is 1. The third kappa shape index (κ3) is 4.52. The van der Waals surface area contributed by atoms with E-state index in [4.69, 9.17) is 44.0 Å². The van der Waals surface area contributed by atoms with Gasteiger partial charge in [-0.15, -0.1) is 0 Å². The van der Waals surface area contributed by atoms with Crippen molar-refractivity contribution in [2.45, 2.75) is 13.5 Å². The van der Waals surface area contributed by atoms with Crippen molar-refractivity contribution in [3.8, 4) is 5.75 Å². The number of carbonyl (C=O) groups excluding carboxylic acids is 1. The van der Waals surface area contributed by atoms with Gasteiger partial charge in [-0.05, 0) is 61.0 Å². The summed E-state index contributed by atoms with van der Waals surface area (Å²) in [7, 11) is 0. The highest BCUT2D eigenvalue weighted by Gasteiger charge is 2.13. The molecule has 3 aromatic rings. The summed E-state index contributed by atoms with van der Waals surface area (Å²) in [5.74, 6) is 0.801. The molecule has 0 bridgehead atoms. The third-order valence-corrected chi connectivity index (χ3v) is 4.35. The van der Waals surface area contributed by atoms with E-state index in [0.29, 0.717) is 32.3 Å². The summed E-state index contributed by atoms with van der Waals surface area (Å²) in [5.41, 5.74) is 1.53. The molecule has 0 atom stereocenters. The number of halogens is 3. The second-order valence-corrected chi connectivity index (χ2v) is 6.82. The molecule has 7 heteroatoms. The van der Waals surface area contributed by atoms with Crippen molar-refractivity contribution < 1.29 is 13.9 Å². The fourth-order valence-electron chi connectivity index (χ4n) is 2.27. The molecule has 3 rings (SSSR count). The summed E-state index contributed by atoms with van der Waals surface area (Å²) in [5, 5.41) is 4.33. The van der Waals surface area contributed by atoms with Gasteiger partial charge >= 0.3 is 0 Å². The van der Waals surface area contributed by atoms with E-state index in [9.17, 15) is 4.79 Å². The molecule has 1 heterocycles. The van der Waals surface area contributed by atoms with Crippen LogP contribution in [0.25, 0.3) is 0 Å². The van der Waals surface area contributed by atoms with Crippen LogP contribution >= 0.6 is 34.8 Å². The summed E-state index contributed by atoms with van der Waals surface area (Å²) < 4.78 is 11.1. The Balaban J connectivity index is 1.64. The number of benzene rings is 2. The van der Waals surface area contributed by atoms with Gasteiger partial charge in [0.15, 0.2) is 5.76 Å². The number of hydrogen-bond acceptors (Lipinski definition) is 3. The van der Waals surface area contributed by atoms with Gasteiger partial charge in [0.1, 0.15) is 18.1 Å². The zero-order valence-electron chi connectivity index (χ0n) is 13.7. The fourth-order valence-corrected chi connectivity index (χ4v) is 2.96. The summed E-state index contributed by atoms with van der Waals surface area (Å²) in [4.78, 5) is 12.3. The van der Waals surface area contributed by atoms with Crippen molar-refractivity contribution in [3.05, 3.63) is 80.7 Å². The topological polar surface area (TPSA) is 51.5 Å². The Morgan fingerprint density at radius 3 is 2.50 bits per heavy atom. The highest BCUT2D eigenvalue weighted by Crippen LogP contribution is 2.28. The molecule has 0 fully saturated rings. The second-order valence-electron chi connectivity index (χ2n) is 5.54. The average molecular weight is 411 g/mol. The lowest BCUT2D eigenvalue weighted by atomic mass is 10.2. The first-order chi connectivity index (χ1) is 12.4. The van der Waals surface area contributed by atoms with E-state index in [0.717, 1.165) is 5.56 Å². The van der Waals surface area contributed by atoms with Crippen LogP contribution < -0.4 is 10.1 Å². The monoisotopic (exact) mass is 409 g/mol. The van der Waals surface area contributed by atoms with Crippen LogP contribution in [0.1, 0.15) is 21.9 Å². The van der Waals surface area contributed by atoms with E-state index in [1.807, 2.05) is 6.92 Å². The molecule has 0 saturated heterocycles. The highest BCUT2D eigenvalue weighted by atomic mass is 35.5. The number of rotatable bonds is 5. The van der Waals surface area contributed by atoms with E-state index >= 15 is 0 Å². The summed E-state index contributed by atoms with van der Waals surface area (Å²) in [6.07, 6.45) is 0. The molecule has 0 unspecified atom stereocenters. The minimum atomic E-state index is -0.355. The Bertz CT molecular complexity index is 953. The molecular weight excluding hydrogens is 397 g/mol. The van der Waals surface area contributed by atoms with E-state index < -0.39 is 0 Å². The number of hydrogen-bond donors (Lipinski definition) is 1. The van der Waals surface area contributed by atoms with Crippen molar-refractivity contribution in [3.63, 3.8) is 0 Å². The molecule has 1 amide bonds. The molecule has 1 N–H and O–H groups in total. The van der Waals surface area contributed by atoms with Gasteiger partial charge in [-0.25, -0.2) is 0 Å². The van der Waals surface area contributed by atoms with Crippen molar-refractivity contribution in [1.29, 1.82) is 0 Å². The van der Waals surface area contributed by atoms with Crippen LogP contribution in [-0.2, 0) is 6.61 Å². The van der Waals surface area contributed by atoms with Crippen LogP contribution in [-0.4, -0.2) is 5.91 Å². The lowest BCUT2D eigenvalue weighted by Gasteiger charge is -2.08. The van der Waals surface area contributed by atoms with Crippen LogP contribution in [0.5, 0.6) is 5.75 Å². The number of furan rings is 1. The lowest BCUT2D eigenvalue weighted by Crippen LogP contribution is -2.11. The van der Waals surface area contributed by atoms with Gasteiger partial charge in [-0.2, -0.15) is 0 Å². The Labute approximate surface area is 165 Å². The molecule has 0 saturated carbocycles. The van der Waals surface area contributed by atoms with Crippen LogP contribution in [0.15, 0.2) is 52.9 Å². The number of anilines is 1. The predicted molar refractivity (Wildman–Crippen MR) is 104 cm³/mol. The first kappa shape index (κ1) is 18.6. The van der Waals surface area contributed by atoms with Crippen LogP contribution in [0.4, 0.5) is 5.69 Å². The Hall–Kier alpha value is -2.14. The maximum absolute atomic E-state index is 12.3. The number of nitrogens with one attached hydrogen (secondary N) is 1. The van der Waals surface area contributed by atoms with E-state index in [1.54, 1.807) is 48.5 Å². The minimum Gasteiger partial charge on any atom is -0.484 e. The highest BCUT2D eigenvalue weighted by molar-refractivity contribution is 6.35. The SMILES string of the molecule is Cc1cc(Cl)ccc1NC(=O)c1ccc(COc2ccc(Cl)cc2Cl)o1. The molecule has 0 aliphatic rings. The molecule has 0 aliphatic carbocycles. The van der Waals surface area contributed by atoms with Crippen molar-refractivity contribution >= 4 is 46.4 Å². The normalized spacial score (nSPS) is 10.6. The standard InChI is InChI=1S/C19H14Cl3NO3/c1-11-8-12(20)2-5-16(11)23-19(24)18-7-4-14(26-18)10-25-17-6-3-13(21)9-15(17)22/h2-9H,10H2,1H3,(H,23,24). The Morgan fingerprint density at radius 2 is 1.77 bits per heavy atom. The van der Waals surface area contributed by atoms with Gasteiger partial charge in [0.05, 0.1) is 5.02 Å². The van der Waals surface area contributed by atoms with E-state index in [2.05, 4.69) is 5.32 Å². The minimum absolute atomic E-state index is 0.134. The Kier molecular flexibility index (Phi) is 5.77. The first-order valence-electron chi connectivity index (χ1n) is 7.66. The predicted octanol–water partition coefficient (Wildman–Crippen LogP) is 6.38. The maximum atomic E-state index is 12.3. The van der Waals surface area contributed by atoms with Crippen molar-refractivity contribution in [2.24, 2.45) is 0 Å². The van der Waals surface area contributed by atoms with Gasteiger partial charge < -0.3 is 14.5 Å². The molecule has 1 aromatic heterocycles. The number of amides is 1. The molecule has 4 nitrogen and oxygen atoms in total. The van der Waals surface area contributed by atoms with Gasteiger partial charge in [-0.1, -0.05) is 34.8 Å². The van der Waals surface area contributed by atoms with E-state index in [1.165, 1.54) is 0 Å². The smallest absolute Gasteiger partial charge is 0.291 e. The summed E-state index contributed by atoms with van der Waals surface area (Å²) in [6, 6.07) is 13.4. The zero-order chi connectivity index (χ0) is 18.7. The average Bonchev–Trinajstić information content (AvgIpc) is 3.06. The van der Waals surface area contributed by atoms with Crippen LogP contribution in [0.2, 0.25) is 15.1 Å². The van der Waals surface area contributed by atoms with Gasteiger partial charge in [-0.3, -0.25) is 4.79 Å². The largest absolute Gasteiger partial charge is 0.484 e. The van der Waals surface area contributed by atoms with Gasteiger partial charge in [0, 0.05) is 15.7 Å². The first-order valence-corrected chi connectivity index (χ1v) is 8.80. The zero-order valence-corrected chi connectivity index (χ0v) is 16.0. The second kappa shape index (κ2) is 8.04. The van der Waals surface area contributed by atoms with Gasteiger partial charge in [0.2, 0.25) is 0 Å². The van der Waals surface area contributed by atoms with E-state index in [-0.39, 0.29) is 18.3 Å². The third-order valence-electron chi connectivity index (χ3n) is 3.59. The fraction of sp³-hybridized carbons (Fsp3) is 0.105. The summed E-state index contributed by atoms with van der Waals surface area (Å²) >= 11 is 17.8. The van der Waals surface area contributed by atoms with Crippen molar-refractivity contribution in [2.75, 3.05) is 5.32 Å². The molecule has 26 heavy (non-hydrogen) atoms. The molecule has 0 aliphatic heterocycles. The number of ether oxygens (including phenoxy) is 1. The van der Waals surface area contributed by atoms with Gasteiger partial charge in [0.25, 0.3) is 5.91 Å². The lowest BCUT2D eigenvalue weighted by molar-refractivity contribution is 0.0992. The van der Waals surface area contributed by atoms with Crippen molar-refractivity contribution in [1.82, 2.24) is 0 Å². The molecular formula is C19H14Cl3NO3. The molecule has 0 radical (unpaired) electrons. The Morgan fingerprint density at radius 1 is 1.04 bits per heavy atom. The molecule has 2 aromatic carbocycles. The number of carbonyl (C=O) groups is 1.